The Hall–Kier alpha value is -2.35. The lowest BCUT2D eigenvalue weighted by Gasteiger charge is -2.10. The van der Waals surface area contributed by atoms with Gasteiger partial charge in [-0.25, -0.2) is 4.98 Å². The summed E-state index contributed by atoms with van der Waals surface area (Å²) in [6.45, 7) is 0. The van der Waals surface area contributed by atoms with Crippen molar-refractivity contribution in [3.63, 3.8) is 0 Å². The van der Waals surface area contributed by atoms with Crippen LogP contribution >= 0.6 is 11.3 Å². The number of fused-ring (bicyclic) bond motifs is 1. The van der Waals surface area contributed by atoms with Crippen LogP contribution in [-0.4, -0.2) is 20.5 Å². The zero-order valence-electron chi connectivity index (χ0n) is 11.0. The first-order chi connectivity index (χ1) is 10.3. The highest BCUT2D eigenvalue weighted by Crippen LogP contribution is 2.37. The van der Waals surface area contributed by atoms with E-state index in [0.29, 0.717) is 9.84 Å². The summed E-state index contributed by atoms with van der Waals surface area (Å²) in [7, 11) is 0. The molecule has 0 unspecified atom stereocenters. The molecule has 1 aromatic carbocycles. The Labute approximate surface area is 126 Å². The summed E-state index contributed by atoms with van der Waals surface area (Å²) in [6.07, 6.45) is -1.55. The third kappa shape index (κ3) is 2.69. The summed E-state index contributed by atoms with van der Waals surface area (Å²) < 4.78 is 40.6. The number of aliphatic carboxylic acids is 1. The Morgan fingerprint density at radius 3 is 2.64 bits per heavy atom. The van der Waals surface area contributed by atoms with Gasteiger partial charge in [0.25, 0.3) is 0 Å². The minimum absolute atomic E-state index is 0.00526. The summed E-state index contributed by atoms with van der Waals surface area (Å²) in [5.41, 5.74) is -0.529. The summed E-state index contributed by atoms with van der Waals surface area (Å²) in [5.74, 6) is -0.966. The molecule has 2 heterocycles. The number of nitrogens with zero attached hydrogens (tertiary/aromatic N) is 2. The number of halogens is 3. The van der Waals surface area contributed by atoms with Crippen LogP contribution in [0.15, 0.2) is 36.7 Å². The largest absolute Gasteiger partial charge is 0.481 e. The number of carboxylic acid groups (broad SMARTS) is 1. The molecule has 0 amide bonds. The molecule has 1 N–H and O–H groups in total. The van der Waals surface area contributed by atoms with Crippen LogP contribution in [0.4, 0.5) is 13.2 Å². The number of imidazole rings is 1. The topological polar surface area (TPSA) is 54.6 Å². The van der Waals surface area contributed by atoms with E-state index in [-0.39, 0.29) is 17.7 Å². The van der Waals surface area contributed by atoms with E-state index in [9.17, 15) is 18.0 Å². The first kappa shape index (κ1) is 14.6. The summed E-state index contributed by atoms with van der Waals surface area (Å²) in [4.78, 5) is 15.9. The Kier molecular flexibility index (Phi) is 3.40. The number of alkyl halides is 3. The van der Waals surface area contributed by atoms with Gasteiger partial charge < -0.3 is 5.11 Å². The van der Waals surface area contributed by atoms with E-state index in [2.05, 4.69) is 4.98 Å². The molecule has 0 spiro atoms. The maximum Gasteiger partial charge on any atom is 0.417 e. The summed E-state index contributed by atoms with van der Waals surface area (Å²) >= 11 is 1.14. The number of hydrogen-bond donors (Lipinski definition) is 1. The number of aromatic nitrogens is 2. The molecule has 3 rings (SSSR count). The van der Waals surface area contributed by atoms with Gasteiger partial charge in [0.15, 0.2) is 4.96 Å². The SMILES string of the molecule is O=C(O)Cc1cn2cc(-c3ccccc3C(F)(F)F)nc2s1. The average Bonchev–Trinajstić information content (AvgIpc) is 2.94. The molecule has 0 saturated carbocycles. The van der Waals surface area contributed by atoms with Crippen molar-refractivity contribution in [1.29, 1.82) is 0 Å². The third-order valence-corrected chi connectivity index (χ3v) is 4.03. The molecular formula is C14H9F3N2O2S. The Morgan fingerprint density at radius 1 is 1.27 bits per heavy atom. The van der Waals surface area contributed by atoms with Crippen molar-refractivity contribution in [2.75, 3.05) is 0 Å². The predicted octanol–water partition coefficient (Wildman–Crippen LogP) is 3.71. The van der Waals surface area contributed by atoms with Gasteiger partial charge >= 0.3 is 12.1 Å². The lowest BCUT2D eigenvalue weighted by atomic mass is 10.1. The molecule has 0 radical (unpaired) electrons. The molecule has 2 aromatic heterocycles. The molecule has 0 bridgehead atoms. The van der Waals surface area contributed by atoms with E-state index in [1.165, 1.54) is 24.4 Å². The second-order valence-corrected chi connectivity index (χ2v) is 5.72. The lowest BCUT2D eigenvalue weighted by molar-refractivity contribution is -0.137. The maximum atomic E-state index is 13.0. The number of carboxylic acids is 1. The number of thiazole rings is 1. The van der Waals surface area contributed by atoms with Crippen molar-refractivity contribution >= 4 is 22.3 Å². The highest BCUT2D eigenvalue weighted by Gasteiger charge is 2.33. The van der Waals surface area contributed by atoms with Crippen LogP contribution in [-0.2, 0) is 17.4 Å². The van der Waals surface area contributed by atoms with Gasteiger partial charge in [0.2, 0.25) is 0 Å². The lowest BCUT2D eigenvalue weighted by Crippen LogP contribution is -2.06. The fourth-order valence-corrected chi connectivity index (χ4v) is 3.11. The smallest absolute Gasteiger partial charge is 0.417 e. The molecule has 0 aliphatic heterocycles. The monoisotopic (exact) mass is 326 g/mol. The standard InChI is InChI=1S/C14H9F3N2O2S/c15-14(16,17)10-4-2-1-3-9(10)11-7-19-6-8(5-12(20)21)22-13(19)18-11/h1-4,6-7H,5H2,(H,20,21). The van der Waals surface area contributed by atoms with Gasteiger partial charge in [-0.1, -0.05) is 18.2 Å². The average molecular weight is 326 g/mol. The van der Waals surface area contributed by atoms with Crippen molar-refractivity contribution in [2.45, 2.75) is 12.6 Å². The number of carbonyl (C=O) groups is 1. The molecule has 22 heavy (non-hydrogen) atoms. The Balaban J connectivity index is 2.05. The first-order valence-corrected chi connectivity index (χ1v) is 7.02. The van der Waals surface area contributed by atoms with E-state index in [0.717, 1.165) is 17.4 Å². The molecule has 0 atom stereocenters. The van der Waals surface area contributed by atoms with Crippen molar-refractivity contribution in [2.24, 2.45) is 0 Å². The van der Waals surface area contributed by atoms with Gasteiger partial charge in [-0.2, -0.15) is 13.2 Å². The van der Waals surface area contributed by atoms with E-state index >= 15 is 0 Å². The van der Waals surface area contributed by atoms with Crippen LogP contribution in [0.1, 0.15) is 10.4 Å². The molecule has 0 aliphatic carbocycles. The molecular weight excluding hydrogens is 317 g/mol. The van der Waals surface area contributed by atoms with Crippen LogP contribution in [0.3, 0.4) is 0 Å². The van der Waals surface area contributed by atoms with Crippen molar-refractivity contribution < 1.29 is 23.1 Å². The minimum atomic E-state index is -4.46. The van der Waals surface area contributed by atoms with E-state index in [1.54, 1.807) is 10.6 Å². The molecule has 8 heteroatoms. The molecule has 3 aromatic rings. The fourth-order valence-electron chi connectivity index (χ4n) is 2.16. The van der Waals surface area contributed by atoms with Crippen molar-refractivity contribution in [3.8, 4) is 11.3 Å². The van der Waals surface area contributed by atoms with Crippen LogP contribution in [0, 0.1) is 0 Å². The third-order valence-electron chi connectivity index (χ3n) is 3.04. The molecule has 4 nitrogen and oxygen atoms in total. The Bertz CT molecular complexity index is 820. The van der Waals surface area contributed by atoms with Gasteiger partial charge in [-0.3, -0.25) is 9.20 Å². The van der Waals surface area contributed by atoms with Crippen LogP contribution in [0.5, 0.6) is 0 Å². The molecule has 114 valence electrons. The zero-order chi connectivity index (χ0) is 15.9. The fraction of sp³-hybridized carbons (Fsp3) is 0.143. The molecule has 0 aliphatic rings. The van der Waals surface area contributed by atoms with E-state index in [1.807, 2.05) is 0 Å². The van der Waals surface area contributed by atoms with Crippen LogP contribution in [0.2, 0.25) is 0 Å². The first-order valence-electron chi connectivity index (χ1n) is 6.20. The highest BCUT2D eigenvalue weighted by atomic mass is 32.1. The van der Waals surface area contributed by atoms with Gasteiger partial charge in [0, 0.05) is 22.8 Å². The number of hydrogen-bond acceptors (Lipinski definition) is 3. The van der Waals surface area contributed by atoms with Crippen LogP contribution in [0.25, 0.3) is 16.2 Å². The minimum Gasteiger partial charge on any atom is -0.481 e. The Morgan fingerprint density at radius 2 is 2.00 bits per heavy atom. The number of benzene rings is 1. The van der Waals surface area contributed by atoms with Gasteiger partial charge in [0.1, 0.15) is 0 Å². The van der Waals surface area contributed by atoms with E-state index in [4.69, 9.17) is 5.11 Å². The van der Waals surface area contributed by atoms with Gasteiger partial charge in [0.05, 0.1) is 17.7 Å². The summed E-state index contributed by atoms with van der Waals surface area (Å²) in [5, 5.41) is 8.74. The predicted molar refractivity (Wildman–Crippen MR) is 74.8 cm³/mol. The normalized spacial score (nSPS) is 12.0. The highest BCUT2D eigenvalue weighted by molar-refractivity contribution is 7.17. The van der Waals surface area contributed by atoms with Gasteiger partial charge in [-0.15, -0.1) is 11.3 Å². The second-order valence-electron chi connectivity index (χ2n) is 4.63. The zero-order valence-corrected chi connectivity index (χ0v) is 11.8. The van der Waals surface area contributed by atoms with Gasteiger partial charge in [-0.05, 0) is 6.07 Å². The second kappa shape index (κ2) is 5.13. The molecule has 0 saturated heterocycles. The van der Waals surface area contributed by atoms with E-state index < -0.39 is 17.7 Å². The van der Waals surface area contributed by atoms with Crippen LogP contribution < -0.4 is 0 Å². The van der Waals surface area contributed by atoms with Crippen molar-refractivity contribution in [3.05, 3.63) is 47.1 Å². The number of rotatable bonds is 3. The maximum absolute atomic E-state index is 13.0. The quantitative estimate of drug-likeness (QED) is 0.798. The van der Waals surface area contributed by atoms with Crippen molar-refractivity contribution in [1.82, 2.24) is 9.38 Å². The summed E-state index contributed by atoms with van der Waals surface area (Å²) in [6, 6.07) is 5.23. The molecule has 0 fully saturated rings.